The fourth-order valence-corrected chi connectivity index (χ4v) is 2.27. The molecule has 2 aromatic rings. The Morgan fingerprint density at radius 3 is 2.72 bits per heavy atom. The lowest BCUT2D eigenvalue weighted by atomic mass is 10.00. The van der Waals surface area contributed by atoms with E-state index in [1.807, 2.05) is 30.7 Å². The number of hydrogen-bond acceptors (Lipinski definition) is 2. The second-order valence-corrected chi connectivity index (χ2v) is 4.43. The Kier molecular flexibility index (Phi) is 3.77. The highest BCUT2D eigenvalue weighted by molar-refractivity contribution is 5.24. The highest BCUT2D eigenvalue weighted by Crippen LogP contribution is 2.25. The van der Waals surface area contributed by atoms with Crippen LogP contribution in [0, 0.1) is 5.82 Å². The van der Waals surface area contributed by atoms with E-state index >= 15 is 0 Å². The third-order valence-corrected chi connectivity index (χ3v) is 3.09. The van der Waals surface area contributed by atoms with Gasteiger partial charge in [-0.2, -0.15) is 0 Å². The topological polar surface area (TPSA) is 43.8 Å². The maximum absolute atomic E-state index is 13.9. The Hall–Kier alpha value is -1.68. The van der Waals surface area contributed by atoms with Gasteiger partial charge in [0.25, 0.3) is 0 Å². The van der Waals surface area contributed by atoms with Crippen LogP contribution in [0.3, 0.4) is 0 Å². The summed E-state index contributed by atoms with van der Waals surface area (Å²) in [6.07, 6.45) is 4.39. The average Bonchev–Trinajstić information content (AvgIpc) is 2.79. The lowest BCUT2D eigenvalue weighted by Gasteiger charge is -2.25. The minimum absolute atomic E-state index is 0.193. The second-order valence-electron chi connectivity index (χ2n) is 4.43. The van der Waals surface area contributed by atoms with Gasteiger partial charge < -0.3 is 10.3 Å². The fraction of sp³-hybridized carbons (Fsp3) is 0.357. The number of aryl methyl sites for hydroxylation is 1. The van der Waals surface area contributed by atoms with Crippen molar-refractivity contribution in [3.05, 3.63) is 53.9 Å². The quantitative estimate of drug-likeness (QED) is 0.902. The Morgan fingerprint density at radius 2 is 2.11 bits per heavy atom. The molecule has 0 radical (unpaired) electrons. The van der Waals surface area contributed by atoms with Crippen LogP contribution in [0.5, 0.6) is 0 Å². The number of imidazole rings is 1. The molecule has 2 unspecified atom stereocenters. The molecule has 0 aliphatic heterocycles. The van der Waals surface area contributed by atoms with Gasteiger partial charge in [-0.15, -0.1) is 0 Å². The standard InChI is InChI=1S/C14H18FN3/c1-3-13-17-8-9-18(13)14(10(2)16)11-6-4-5-7-12(11)15/h4-10,14H,3,16H2,1-2H3. The molecule has 0 bridgehead atoms. The highest BCUT2D eigenvalue weighted by atomic mass is 19.1. The first-order valence-corrected chi connectivity index (χ1v) is 6.16. The van der Waals surface area contributed by atoms with Crippen LogP contribution in [-0.2, 0) is 6.42 Å². The van der Waals surface area contributed by atoms with Gasteiger partial charge in [0.05, 0.1) is 6.04 Å². The first-order valence-electron chi connectivity index (χ1n) is 6.16. The van der Waals surface area contributed by atoms with Gasteiger partial charge in [-0.1, -0.05) is 25.1 Å². The summed E-state index contributed by atoms with van der Waals surface area (Å²) in [4.78, 5) is 4.28. The molecule has 1 aromatic heterocycles. The van der Waals surface area contributed by atoms with Gasteiger partial charge in [0.1, 0.15) is 11.6 Å². The van der Waals surface area contributed by atoms with Crippen molar-refractivity contribution < 1.29 is 4.39 Å². The van der Waals surface area contributed by atoms with Crippen molar-refractivity contribution >= 4 is 0 Å². The molecule has 4 heteroatoms. The molecule has 1 heterocycles. The maximum atomic E-state index is 13.9. The smallest absolute Gasteiger partial charge is 0.128 e. The van der Waals surface area contributed by atoms with Crippen molar-refractivity contribution in [1.82, 2.24) is 9.55 Å². The molecule has 0 aliphatic rings. The predicted molar refractivity (Wildman–Crippen MR) is 69.8 cm³/mol. The zero-order valence-electron chi connectivity index (χ0n) is 10.7. The van der Waals surface area contributed by atoms with Gasteiger partial charge in [0.2, 0.25) is 0 Å². The van der Waals surface area contributed by atoms with Crippen LogP contribution in [0.25, 0.3) is 0 Å². The minimum Gasteiger partial charge on any atom is -0.326 e. The van der Waals surface area contributed by atoms with Crippen molar-refractivity contribution in [3.63, 3.8) is 0 Å². The van der Waals surface area contributed by atoms with Gasteiger partial charge in [-0.05, 0) is 13.0 Å². The monoisotopic (exact) mass is 247 g/mol. The van der Waals surface area contributed by atoms with Gasteiger partial charge in [-0.25, -0.2) is 9.37 Å². The molecule has 2 rings (SSSR count). The molecule has 0 saturated heterocycles. The number of hydrogen-bond donors (Lipinski definition) is 1. The van der Waals surface area contributed by atoms with E-state index in [-0.39, 0.29) is 17.9 Å². The van der Waals surface area contributed by atoms with Gasteiger partial charge in [0.15, 0.2) is 0 Å². The Labute approximate surface area is 106 Å². The molecule has 1 aromatic carbocycles. The molecular weight excluding hydrogens is 229 g/mol. The Bertz CT molecular complexity index is 519. The first-order chi connectivity index (χ1) is 8.65. The number of rotatable bonds is 4. The fourth-order valence-electron chi connectivity index (χ4n) is 2.27. The van der Waals surface area contributed by atoms with Crippen LogP contribution in [-0.4, -0.2) is 15.6 Å². The highest BCUT2D eigenvalue weighted by Gasteiger charge is 2.22. The summed E-state index contributed by atoms with van der Waals surface area (Å²) in [5.74, 6) is 0.691. The third-order valence-electron chi connectivity index (χ3n) is 3.09. The lowest BCUT2D eigenvalue weighted by molar-refractivity contribution is 0.457. The molecule has 0 amide bonds. The molecule has 3 nitrogen and oxygen atoms in total. The predicted octanol–water partition coefficient (Wildman–Crippen LogP) is 2.52. The summed E-state index contributed by atoms with van der Waals surface area (Å²) in [6, 6.07) is 6.35. The van der Waals surface area contributed by atoms with E-state index in [1.165, 1.54) is 6.07 Å². The molecule has 96 valence electrons. The van der Waals surface area contributed by atoms with Gasteiger partial charge >= 0.3 is 0 Å². The number of aromatic nitrogens is 2. The van der Waals surface area contributed by atoms with Crippen molar-refractivity contribution in [3.8, 4) is 0 Å². The van der Waals surface area contributed by atoms with Crippen LogP contribution in [0.1, 0.15) is 31.3 Å². The minimum atomic E-state index is -0.226. The summed E-state index contributed by atoms with van der Waals surface area (Å²) in [6.45, 7) is 3.91. The Balaban J connectivity index is 2.51. The lowest BCUT2D eigenvalue weighted by Crippen LogP contribution is -2.31. The molecule has 2 N–H and O–H groups in total. The second kappa shape index (κ2) is 5.31. The van der Waals surface area contributed by atoms with E-state index in [2.05, 4.69) is 4.98 Å². The molecule has 0 saturated carbocycles. The van der Waals surface area contributed by atoms with Crippen molar-refractivity contribution in [2.24, 2.45) is 5.73 Å². The first kappa shape index (κ1) is 12.8. The van der Waals surface area contributed by atoms with Gasteiger partial charge in [-0.3, -0.25) is 0 Å². The molecular formula is C14H18FN3. The van der Waals surface area contributed by atoms with Gasteiger partial charge in [0, 0.05) is 30.4 Å². The van der Waals surface area contributed by atoms with Crippen LogP contribution >= 0.6 is 0 Å². The number of nitrogens with zero attached hydrogens (tertiary/aromatic N) is 2. The summed E-state index contributed by atoms with van der Waals surface area (Å²) < 4.78 is 15.9. The summed E-state index contributed by atoms with van der Waals surface area (Å²) in [7, 11) is 0. The Morgan fingerprint density at radius 1 is 1.39 bits per heavy atom. The van der Waals surface area contributed by atoms with Crippen LogP contribution in [0.2, 0.25) is 0 Å². The number of nitrogens with two attached hydrogens (primary N) is 1. The van der Waals surface area contributed by atoms with Crippen LogP contribution < -0.4 is 5.73 Å². The van der Waals surface area contributed by atoms with E-state index in [0.717, 1.165) is 12.2 Å². The van der Waals surface area contributed by atoms with E-state index in [0.29, 0.717) is 5.56 Å². The van der Waals surface area contributed by atoms with Crippen molar-refractivity contribution in [1.29, 1.82) is 0 Å². The maximum Gasteiger partial charge on any atom is 0.128 e. The van der Waals surface area contributed by atoms with Crippen molar-refractivity contribution in [2.45, 2.75) is 32.4 Å². The largest absolute Gasteiger partial charge is 0.326 e. The van der Waals surface area contributed by atoms with Crippen LogP contribution in [0.15, 0.2) is 36.7 Å². The van der Waals surface area contributed by atoms with E-state index in [9.17, 15) is 4.39 Å². The zero-order valence-corrected chi connectivity index (χ0v) is 10.7. The summed E-state index contributed by atoms with van der Waals surface area (Å²) in [5, 5.41) is 0. The summed E-state index contributed by atoms with van der Waals surface area (Å²) >= 11 is 0. The molecule has 0 fully saturated rings. The molecule has 0 spiro atoms. The molecule has 0 aliphatic carbocycles. The molecule has 2 atom stereocenters. The SMILES string of the molecule is CCc1nccn1C(c1ccccc1F)C(C)N. The van der Waals surface area contributed by atoms with Crippen LogP contribution in [0.4, 0.5) is 4.39 Å². The number of halogens is 1. The number of benzene rings is 1. The summed E-state index contributed by atoms with van der Waals surface area (Å²) in [5.41, 5.74) is 6.65. The third kappa shape index (κ3) is 2.29. The van der Waals surface area contributed by atoms with Crippen molar-refractivity contribution in [2.75, 3.05) is 0 Å². The zero-order chi connectivity index (χ0) is 13.1. The average molecular weight is 247 g/mol. The normalized spacial score (nSPS) is 14.4. The van der Waals surface area contributed by atoms with E-state index < -0.39 is 0 Å². The van der Waals surface area contributed by atoms with E-state index in [1.54, 1.807) is 18.3 Å². The molecule has 18 heavy (non-hydrogen) atoms. The van der Waals surface area contributed by atoms with E-state index in [4.69, 9.17) is 5.73 Å².